The van der Waals surface area contributed by atoms with E-state index in [0.717, 1.165) is 24.2 Å². The molecule has 1 rings (SSSR count). The lowest BCUT2D eigenvalue weighted by molar-refractivity contribution is -0.117. The monoisotopic (exact) mass is 300 g/mol. The molecule has 1 aromatic heterocycles. The van der Waals surface area contributed by atoms with Gasteiger partial charge >= 0.3 is 0 Å². The van der Waals surface area contributed by atoms with Gasteiger partial charge in [-0.15, -0.1) is 10.2 Å². The number of nitrogens with one attached hydrogen (secondary N) is 1. The van der Waals surface area contributed by atoms with Gasteiger partial charge in [0, 0.05) is 0 Å². The highest BCUT2D eigenvalue weighted by atomic mass is 79.9. The number of rotatable bonds is 4. The molecule has 0 aromatic carbocycles. The maximum absolute atomic E-state index is 11.7. The van der Waals surface area contributed by atoms with Crippen molar-refractivity contribution in [2.24, 2.45) is 0 Å². The molecule has 94 valence electrons. The molecule has 1 aromatic rings. The van der Waals surface area contributed by atoms with Gasteiger partial charge in [0.1, 0.15) is 0 Å². The van der Waals surface area contributed by atoms with E-state index < -0.39 is 4.32 Å². The number of hydrogen-bond donors (Lipinski definition) is 1. The number of alkyl halides is 1. The topological polar surface area (TPSA) is 67.8 Å². The van der Waals surface area contributed by atoms with Gasteiger partial charge in [-0.3, -0.25) is 10.1 Å². The molecule has 0 spiro atoms. The van der Waals surface area contributed by atoms with Crippen molar-refractivity contribution in [2.45, 2.75) is 44.9 Å². The Labute approximate surface area is 110 Å². The second-order valence-corrected chi connectivity index (χ2v) is 6.14. The molecule has 0 aliphatic carbocycles. The third kappa shape index (κ3) is 3.73. The number of carbonyl (C=O) groups is 1. The van der Waals surface area contributed by atoms with Gasteiger partial charge in [-0.05, 0) is 26.7 Å². The summed E-state index contributed by atoms with van der Waals surface area (Å²) in [4.78, 5) is 16.0. The lowest BCUT2D eigenvalue weighted by Crippen LogP contribution is -2.32. The molecule has 0 bridgehead atoms. The summed E-state index contributed by atoms with van der Waals surface area (Å²) >= 11 is 3.28. The average molecular weight is 301 g/mol. The number of nitrogens with zero attached hydrogens (tertiary/aromatic N) is 3. The third-order valence-corrected chi connectivity index (χ3v) is 2.63. The summed E-state index contributed by atoms with van der Waals surface area (Å²) in [5, 5.41) is 10.6. The second-order valence-electron chi connectivity index (χ2n) is 4.16. The summed E-state index contributed by atoms with van der Waals surface area (Å²) < 4.78 is -0.647. The zero-order valence-electron chi connectivity index (χ0n) is 10.5. The average Bonchev–Trinajstić information content (AvgIpc) is 2.27. The van der Waals surface area contributed by atoms with E-state index in [-0.39, 0.29) is 11.9 Å². The van der Waals surface area contributed by atoms with Gasteiger partial charge in [0.25, 0.3) is 0 Å². The van der Waals surface area contributed by atoms with Crippen LogP contribution in [0.15, 0.2) is 0 Å². The minimum absolute atomic E-state index is 0.189. The van der Waals surface area contributed by atoms with Crippen LogP contribution in [0.5, 0.6) is 0 Å². The SMILES string of the molecule is CCc1nnc(NC(=O)C(C)(C)Br)nc1CC. The van der Waals surface area contributed by atoms with Gasteiger partial charge in [0.15, 0.2) is 0 Å². The highest BCUT2D eigenvalue weighted by Crippen LogP contribution is 2.17. The normalized spacial score (nSPS) is 11.4. The number of halogens is 1. The first kappa shape index (κ1) is 14.0. The molecule has 1 N–H and O–H groups in total. The maximum Gasteiger partial charge on any atom is 0.249 e. The Morgan fingerprint density at radius 1 is 1.24 bits per heavy atom. The minimum atomic E-state index is -0.647. The first-order chi connectivity index (χ1) is 7.88. The molecular formula is C11H17BrN4O. The van der Waals surface area contributed by atoms with Crippen molar-refractivity contribution in [3.8, 4) is 0 Å². The largest absolute Gasteiger partial charge is 0.292 e. The Morgan fingerprint density at radius 3 is 2.29 bits per heavy atom. The number of amides is 1. The van der Waals surface area contributed by atoms with E-state index in [1.165, 1.54) is 0 Å². The van der Waals surface area contributed by atoms with Crippen LogP contribution < -0.4 is 5.32 Å². The van der Waals surface area contributed by atoms with Crippen LogP contribution in [-0.4, -0.2) is 25.4 Å². The highest BCUT2D eigenvalue weighted by molar-refractivity contribution is 9.10. The molecule has 0 radical (unpaired) electrons. The lowest BCUT2D eigenvalue weighted by atomic mass is 10.2. The summed E-state index contributed by atoms with van der Waals surface area (Å²) in [6, 6.07) is 0. The molecule has 5 nitrogen and oxygen atoms in total. The second kappa shape index (κ2) is 5.53. The fourth-order valence-electron chi connectivity index (χ4n) is 1.24. The smallest absolute Gasteiger partial charge is 0.249 e. The van der Waals surface area contributed by atoms with E-state index in [0.29, 0.717) is 0 Å². The van der Waals surface area contributed by atoms with E-state index in [1.54, 1.807) is 13.8 Å². The Hall–Kier alpha value is -1.04. The molecule has 0 aliphatic heterocycles. The standard InChI is InChI=1S/C11H17BrN4O/c1-5-7-8(6-2)15-16-10(13-7)14-9(17)11(3,4)12/h5-6H2,1-4H3,(H,13,14,16,17). The Balaban J connectivity index is 2.90. The number of aromatic nitrogens is 3. The highest BCUT2D eigenvalue weighted by Gasteiger charge is 2.24. The van der Waals surface area contributed by atoms with Gasteiger partial charge in [-0.2, -0.15) is 0 Å². The van der Waals surface area contributed by atoms with Crippen molar-refractivity contribution < 1.29 is 4.79 Å². The van der Waals surface area contributed by atoms with Crippen molar-refractivity contribution in [3.63, 3.8) is 0 Å². The molecule has 17 heavy (non-hydrogen) atoms. The molecule has 0 aliphatic rings. The molecule has 0 fully saturated rings. The van der Waals surface area contributed by atoms with E-state index in [4.69, 9.17) is 0 Å². The van der Waals surface area contributed by atoms with Crippen molar-refractivity contribution in [3.05, 3.63) is 11.4 Å². The van der Waals surface area contributed by atoms with Crippen molar-refractivity contribution in [1.29, 1.82) is 0 Å². The van der Waals surface area contributed by atoms with E-state index in [2.05, 4.69) is 36.4 Å². The van der Waals surface area contributed by atoms with Gasteiger partial charge in [0.05, 0.1) is 15.7 Å². The van der Waals surface area contributed by atoms with Crippen LogP contribution in [0.2, 0.25) is 0 Å². The number of anilines is 1. The number of hydrogen-bond acceptors (Lipinski definition) is 4. The Morgan fingerprint density at radius 2 is 1.82 bits per heavy atom. The first-order valence-electron chi connectivity index (χ1n) is 5.61. The molecule has 1 heterocycles. The van der Waals surface area contributed by atoms with Crippen molar-refractivity contribution >= 4 is 27.8 Å². The molecule has 0 saturated heterocycles. The molecule has 0 atom stereocenters. The molecule has 6 heteroatoms. The van der Waals surface area contributed by atoms with Crippen LogP contribution >= 0.6 is 15.9 Å². The fourth-order valence-corrected chi connectivity index (χ4v) is 1.34. The van der Waals surface area contributed by atoms with Crippen LogP contribution in [0.3, 0.4) is 0 Å². The predicted molar refractivity (Wildman–Crippen MR) is 70.2 cm³/mol. The number of aryl methyl sites for hydroxylation is 2. The van der Waals surface area contributed by atoms with E-state index >= 15 is 0 Å². The molecule has 1 amide bonds. The zero-order chi connectivity index (χ0) is 13.1. The minimum Gasteiger partial charge on any atom is -0.292 e. The van der Waals surface area contributed by atoms with Gasteiger partial charge in [-0.25, -0.2) is 4.98 Å². The van der Waals surface area contributed by atoms with Gasteiger partial charge in [-0.1, -0.05) is 29.8 Å². The predicted octanol–water partition coefficient (Wildman–Crippen LogP) is 2.11. The first-order valence-corrected chi connectivity index (χ1v) is 6.40. The Bertz CT molecular complexity index is 414. The summed E-state index contributed by atoms with van der Waals surface area (Å²) in [5.74, 6) is 0.0715. The Kier molecular flexibility index (Phi) is 4.56. The number of carbonyl (C=O) groups excluding carboxylic acids is 1. The van der Waals surface area contributed by atoms with Crippen LogP contribution in [0, 0.1) is 0 Å². The van der Waals surface area contributed by atoms with Gasteiger partial charge < -0.3 is 0 Å². The third-order valence-electron chi connectivity index (χ3n) is 2.27. The maximum atomic E-state index is 11.7. The summed E-state index contributed by atoms with van der Waals surface area (Å²) in [6.07, 6.45) is 1.57. The molecule has 0 saturated carbocycles. The summed E-state index contributed by atoms with van der Waals surface area (Å²) in [5.41, 5.74) is 1.76. The van der Waals surface area contributed by atoms with Crippen LogP contribution in [0.25, 0.3) is 0 Å². The van der Waals surface area contributed by atoms with Crippen molar-refractivity contribution in [2.75, 3.05) is 5.32 Å². The zero-order valence-corrected chi connectivity index (χ0v) is 12.1. The fraction of sp³-hybridized carbons (Fsp3) is 0.636. The molecular weight excluding hydrogens is 284 g/mol. The van der Waals surface area contributed by atoms with Crippen LogP contribution in [0.4, 0.5) is 5.95 Å². The summed E-state index contributed by atoms with van der Waals surface area (Å²) in [7, 11) is 0. The van der Waals surface area contributed by atoms with Crippen LogP contribution in [-0.2, 0) is 17.6 Å². The van der Waals surface area contributed by atoms with E-state index in [9.17, 15) is 4.79 Å². The molecule has 0 unspecified atom stereocenters. The summed E-state index contributed by atoms with van der Waals surface area (Å²) in [6.45, 7) is 7.53. The quantitative estimate of drug-likeness (QED) is 0.865. The van der Waals surface area contributed by atoms with Gasteiger partial charge in [0.2, 0.25) is 11.9 Å². The van der Waals surface area contributed by atoms with Crippen molar-refractivity contribution in [1.82, 2.24) is 15.2 Å². The lowest BCUT2D eigenvalue weighted by Gasteiger charge is -2.15. The van der Waals surface area contributed by atoms with E-state index in [1.807, 2.05) is 13.8 Å². The van der Waals surface area contributed by atoms with Crippen LogP contribution in [0.1, 0.15) is 39.1 Å².